The predicted octanol–water partition coefficient (Wildman–Crippen LogP) is 4.88. The number of thioether (sulfide) groups is 1. The molecule has 0 spiro atoms. The molecule has 2 aliphatic rings. The van der Waals surface area contributed by atoms with Crippen molar-refractivity contribution in [1.82, 2.24) is 10.9 Å². The van der Waals surface area contributed by atoms with Crippen LogP contribution in [0.2, 0.25) is 0 Å². The van der Waals surface area contributed by atoms with Gasteiger partial charge in [0.15, 0.2) is 0 Å². The number of aryl methyl sites for hydroxylation is 1. The molecule has 0 radical (unpaired) electrons. The van der Waals surface area contributed by atoms with E-state index in [1.54, 1.807) is 11.8 Å². The van der Waals surface area contributed by atoms with E-state index in [4.69, 9.17) is 5.10 Å². The van der Waals surface area contributed by atoms with Crippen LogP contribution in [-0.2, 0) is 4.79 Å². The second-order valence-corrected chi connectivity index (χ2v) is 9.31. The van der Waals surface area contributed by atoms with Crippen LogP contribution in [0.25, 0.3) is 0 Å². The highest BCUT2D eigenvalue weighted by Gasteiger charge is 2.34. The molecule has 2 unspecified atom stereocenters. The summed E-state index contributed by atoms with van der Waals surface area (Å²) in [4.78, 5) is 14.7. The quantitative estimate of drug-likeness (QED) is 0.412. The van der Waals surface area contributed by atoms with Gasteiger partial charge in [0.1, 0.15) is 0 Å². The second-order valence-electron chi connectivity index (χ2n) is 8.26. The number of hydrazine groups is 1. The van der Waals surface area contributed by atoms with E-state index in [-0.39, 0.29) is 17.9 Å². The molecule has 0 saturated carbocycles. The van der Waals surface area contributed by atoms with Crippen molar-refractivity contribution in [3.63, 3.8) is 0 Å². The zero-order valence-electron chi connectivity index (χ0n) is 18.4. The van der Waals surface area contributed by atoms with Gasteiger partial charge in [-0.25, -0.2) is 5.43 Å². The molecular weight excluding hydrogens is 428 g/mol. The Kier molecular flexibility index (Phi) is 6.39. The van der Waals surface area contributed by atoms with Crippen molar-refractivity contribution in [3.8, 4) is 0 Å². The molecule has 6 heteroatoms. The molecule has 2 N–H and O–H groups in total. The fourth-order valence-electron chi connectivity index (χ4n) is 4.13. The van der Waals surface area contributed by atoms with Crippen LogP contribution in [0.1, 0.15) is 17.2 Å². The number of hydrazone groups is 1. The average molecular weight is 455 g/mol. The maximum absolute atomic E-state index is 13.5. The molecule has 3 aromatic rings. The lowest BCUT2D eigenvalue weighted by atomic mass is 9.92. The number of carbonyl (C=O) groups is 1. The first-order valence-electron chi connectivity index (χ1n) is 11.1. The highest BCUT2D eigenvalue weighted by molar-refractivity contribution is 8.00. The average Bonchev–Trinajstić information content (AvgIpc) is 3.45. The maximum atomic E-state index is 13.5. The summed E-state index contributed by atoms with van der Waals surface area (Å²) >= 11 is 1.70. The summed E-state index contributed by atoms with van der Waals surface area (Å²) in [5.74, 6) is 0.698. The predicted molar refractivity (Wildman–Crippen MR) is 135 cm³/mol. The Morgan fingerprint density at radius 2 is 1.70 bits per heavy atom. The van der Waals surface area contributed by atoms with E-state index in [2.05, 4.69) is 60.2 Å². The number of carbonyl (C=O) groups excluding carboxylic acids is 1. The van der Waals surface area contributed by atoms with E-state index in [1.807, 2.05) is 48.5 Å². The molecule has 2 aliphatic heterocycles. The van der Waals surface area contributed by atoms with Gasteiger partial charge >= 0.3 is 0 Å². The van der Waals surface area contributed by atoms with Crippen LogP contribution in [0.5, 0.6) is 0 Å². The molecule has 1 fully saturated rings. The molecule has 2 atom stereocenters. The van der Waals surface area contributed by atoms with Gasteiger partial charge in [0.25, 0.3) is 5.91 Å². The van der Waals surface area contributed by atoms with Crippen molar-refractivity contribution >= 4 is 29.1 Å². The Morgan fingerprint density at radius 3 is 2.42 bits per heavy atom. The van der Waals surface area contributed by atoms with Crippen molar-refractivity contribution in [1.29, 1.82) is 0 Å². The number of nitrogens with zero attached hydrogens (tertiary/aromatic N) is 2. The minimum absolute atomic E-state index is 0.0700. The number of amides is 1. The van der Waals surface area contributed by atoms with E-state index in [1.165, 1.54) is 21.0 Å². The Labute approximate surface area is 198 Å². The Morgan fingerprint density at radius 1 is 1.00 bits per heavy atom. The third-order valence-electron chi connectivity index (χ3n) is 5.91. The smallest absolute Gasteiger partial charge is 0.267 e. The van der Waals surface area contributed by atoms with Crippen molar-refractivity contribution in [2.75, 3.05) is 17.3 Å². The fourth-order valence-corrected chi connectivity index (χ4v) is 4.98. The van der Waals surface area contributed by atoms with Gasteiger partial charge in [-0.15, -0.1) is 11.8 Å². The van der Waals surface area contributed by atoms with Crippen molar-refractivity contribution < 1.29 is 4.79 Å². The van der Waals surface area contributed by atoms with Gasteiger partial charge in [-0.2, -0.15) is 10.1 Å². The van der Waals surface area contributed by atoms with Crippen LogP contribution in [0.15, 0.2) is 107 Å². The van der Waals surface area contributed by atoms with Gasteiger partial charge in [-0.1, -0.05) is 72.3 Å². The molecule has 0 bridgehead atoms. The summed E-state index contributed by atoms with van der Waals surface area (Å²) in [5, 5.41) is 6.30. The zero-order chi connectivity index (χ0) is 22.6. The number of para-hydroxylation sites is 1. The SMILES string of the molecule is Cc1ccc(SCC2=NN(c3ccccc3)C(=O)/C2=C\C2CNNC2c2ccccc2)cc1. The number of nitrogens with one attached hydrogen (secondary N) is 2. The summed E-state index contributed by atoms with van der Waals surface area (Å²) in [7, 11) is 0. The lowest BCUT2D eigenvalue weighted by Gasteiger charge is -2.17. The second kappa shape index (κ2) is 9.75. The number of hydrogen-bond acceptors (Lipinski definition) is 5. The van der Waals surface area contributed by atoms with E-state index in [0.29, 0.717) is 11.3 Å². The van der Waals surface area contributed by atoms with Crippen LogP contribution < -0.4 is 15.9 Å². The molecule has 5 nitrogen and oxygen atoms in total. The van der Waals surface area contributed by atoms with E-state index < -0.39 is 0 Å². The third-order valence-corrected chi connectivity index (χ3v) is 6.94. The van der Waals surface area contributed by atoms with Crippen LogP contribution in [-0.4, -0.2) is 23.9 Å². The van der Waals surface area contributed by atoms with Gasteiger partial charge in [0.2, 0.25) is 0 Å². The van der Waals surface area contributed by atoms with Crippen LogP contribution in [0.3, 0.4) is 0 Å². The van der Waals surface area contributed by atoms with Crippen LogP contribution in [0, 0.1) is 12.8 Å². The third kappa shape index (κ3) is 4.78. The maximum Gasteiger partial charge on any atom is 0.280 e. The van der Waals surface area contributed by atoms with Gasteiger partial charge in [0.05, 0.1) is 23.0 Å². The molecule has 33 heavy (non-hydrogen) atoms. The lowest BCUT2D eigenvalue weighted by molar-refractivity contribution is -0.114. The standard InChI is InChI=1S/C27H26N4OS/c1-19-12-14-23(15-13-19)33-18-25-24(27(32)31(30-25)22-10-6-3-7-11-22)16-21-17-28-29-26(21)20-8-4-2-5-9-20/h2-16,21,26,28-29H,17-18H2,1H3/b24-16-. The van der Waals surface area contributed by atoms with E-state index >= 15 is 0 Å². The topological polar surface area (TPSA) is 56.7 Å². The minimum atomic E-state index is -0.0700. The highest BCUT2D eigenvalue weighted by atomic mass is 32.2. The number of benzene rings is 3. The van der Waals surface area contributed by atoms with E-state index in [0.717, 1.165) is 17.9 Å². The van der Waals surface area contributed by atoms with E-state index in [9.17, 15) is 4.79 Å². The summed E-state index contributed by atoms with van der Waals surface area (Å²) < 4.78 is 0. The fraction of sp³-hybridized carbons (Fsp3) is 0.185. The van der Waals surface area contributed by atoms with Gasteiger partial charge in [0, 0.05) is 23.1 Å². The van der Waals surface area contributed by atoms with Crippen LogP contribution in [0.4, 0.5) is 5.69 Å². The molecule has 1 saturated heterocycles. The first-order chi connectivity index (χ1) is 16.2. The van der Waals surface area contributed by atoms with Crippen LogP contribution >= 0.6 is 11.8 Å². The normalized spacial score (nSPS) is 21.6. The zero-order valence-corrected chi connectivity index (χ0v) is 19.3. The molecule has 5 rings (SSSR count). The van der Waals surface area contributed by atoms with Gasteiger partial charge < -0.3 is 0 Å². The van der Waals surface area contributed by atoms with Gasteiger partial charge in [-0.05, 0) is 36.8 Å². The minimum Gasteiger partial charge on any atom is -0.267 e. The van der Waals surface area contributed by atoms with Crippen molar-refractivity contribution in [2.45, 2.75) is 17.9 Å². The monoisotopic (exact) mass is 454 g/mol. The largest absolute Gasteiger partial charge is 0.280 e. The summed E-state index contributed by atoms with van der Waals surface area (Å²) in [6.45, 7) is 2.83. The van der Waals surface area contributed by atoms with Crippen molar-refractivity contribution in [2.24, 2.45) is 11.0 Å². The molecule has 0 aromatic heterocycles. The Balaban J connectivity index is 1.44. The Hall–Kier alpha value is -3.19. The summed E-state index contributed by atoms with van der Waals surface area (Å²) in [5.41, 5.74) is 11.3. The summed E-state index contributed by atoms with van der Waals surface area (Å²) in [6, 6.07) is 28.5. The molecule has 3 aromatic carbocycles. The van der Waals surface area contributed by atoms with Crippen molar-refractivity contribution in [3.05, 3.63) is 108 Å². The molecule has 2 heterocycles. The Bertz CT molecular complexity index is 1180. The molecule has 1 amide bonds. The highest BCUT2D eigenvalue weighted by Crippen LogP contribution is 2.31. The molecule has 166 valence electrons. The number of rotatable bonds is 6. The summed E-state index contributed by atoms with van der Waals surface area (Å²) in [6.07, 6.45) is 2.10. The number of anilines is 1. The molecular formula is C27H26N4OS. The molecule has 0 aliphatic carbocycles. The first kappa shape index (κ1) is 21.6. The number of hydrogen-bond donors (Lipinski definition) is 2. The van der Waals surface area contributed by atoms with Gasteiger partial charge in [-0.3, -0.25) is 10.2 Å². The lowest BCUT2D eigenvalue weighted by Crippen LogP contribution is -2.25. The first-order valence-corrected chi connectivity index (χ1v) is 12.1.